The summed E-state index contributed by atoms with van der Waals surface area (Å²) in [6, 6.07) is 0. The second-order valence-corrected chi connectivity index (χ2v) is 7.29. The van der Waals surface area contributed by atoms with Crippen LogP contribution in [0.2, 0.25) is 0 Å². The van der Waals surface area contributed by atoms with E-state index in [1.807, 2.05) is 7.05 Å². The Bertz CT molecular complexity index is 487. The minimum absolute atomic E-state index is 0.0135. The molecule has 1 unspecified atom stereocenters. The van der Waals surface area contributed by atoms with Crippen molar-refractivity contribution in [2.45, 2.75) is 32.3 Å². The van der Waals surface area contributed by atoms with Gasteiger partial charge in [-0.25, -0.2) is 9.97 Å². The van der Waals surface area contributed by atoms with Crippen molar-refractivity contribution in [2.24, 2.45) is 0 Å². The van der Waals surface area contributed by atoms with Gasteiger partial charge in [-0.15, -0.1) is 0 Å². The zero-order chi connectivity index (χ0) is 14.9. The topological polar surface area (TPSA) is 50.3 Å². The van der Waals surface area contributed by atoms with Crippen LogP contribution in [0, 0.1) is 3.57 Å². The Balaban J connectivity index is 2.43. The number of nitrogens with zero attached hydrogens (tertiary/aromatic N) is 3. The smallest absolute Gasteiger partial charge is 0.161 e. The Labute approximate surface area is 134 Å². The van der Waals surface area contributed by atoms with E-state index in [1.54, 1.807) is 0 Å². The number of rotatable bonds is 2. The van der Waals surface area contributed by atoms with Gasteiger partial charge in [-0.1, -0.05) is 20.8 Å². The molecule has 1 aromatic rings. The summed E-state index contributed by atoms with van der Waals surface area (Å²) in [6.07, 6.45) is -0.0426. The molecule has 5 nitrogen and oxygen atoms in total. The molecule has 2 rings (SSSR count). The van der Waals surface area contributed by atoms with Crippen LogP contribution >= 0.6 is 22.6 Å². The van der Waals surface area contributed by atoms with Gasteiger partial charge in [-0.2, -0.15) is 0 Å². The molecule has 1 aliphatic rings. The summed E-state index contributed by atoms with van der Waals surface area (Å²) in [7, 11) is 4.00. The highest BCUT2D eigenvalue weighted by molar-refractivity contribution is 14.1. The molecule has 0 spiro atoms. The molecule has 112 valence electrons. The molecule has 0 amide bonds. The molecule has 1 N–H and O–H groups in total. The lowest BCUT2D eigenvalue weighted by Gasteiger charge is -2.30. The molecule has 0 bridgehead atoms. The molecule has 1 aromatic heterocycles. The number of ether oxygens (including phenoxy) is 1. The third-order valence-corrected chi connectivity index (χ3v) is 4.40. The largest absolute Gasteiger partial charge is 0.372 e. The molecule has 0 aromatic carbocycles. The predicted molar refractivity (Wildman–Crippen MR) is 89.2 cm³/mol. The van der Waals surface area contributed by atoms with E-state index in [2.05, 4.69) is 65.6 Å². The Morgan fingerprint density at radius 1 is 1.35 bits per heavy atom. The van der Waals surface area contributed by atoms with Crippen LogP contribution in [0.5, 0.6) is 0 Å². The fourth-order valence-corrected chi connectivity index (χ4v) is 3.53. The van der Waals surface area contributed by atoms with E-state index in [0.29, 0.717) is 0 Å². The third-order valence-electron chi connectivity index (χ3n) is 3.37. The Hall–Kier alpha value is -0.470. The Kier molecular flexibility index (Phi) is 4.86. The van der Waals surface area contributed by atoms with Crippen LogP contribution in [0.1, 0.15) is 38.4 Å². The number of nitrogens with one attached hydrogen (secondary N) is 1. The maximum Gasteiger partial charge on any atom is 0.161 e. The van der Waals surface area contributed by atoms with Gasteiger partial charge in [0, 0.05) is 25.6 Å². The minimum Gasteiger partial charge on any atom is -0.372 e. The van der Waals surface area contributed by atoms with E-state index in [1.165, 1.54) is 0 Å². The highest BCUT2D eigenvalue weighted by Crippen LogP contribution is 2.31. The molecule has 1 aliphatic heterocycles. The predicted octanol–water partition coefficient (Wildman–Crippen LogP) is 2.42. The van der Waals surface area contributed by atoms with Crippen molar-refractivity contribution < 1.29 is 4.74 Å². The lowest BCUT2D eigenvalue weighted by atomic mass is 9.91. The summed E-state index contributed by atoms with van der Waals surface area (Å²) in [4.78, 5) is 11.7. The van der Waals surface area contributed by atoms with Gasteiger partial charge in [0.25, 0.3) is 0 Å². The highest BCUT2D eigenvalue weighted by Gasteiger charge is 2.27. The number of likely N-dealkylation sites (N-methyl/N-ethyl adjacent to an activating group) is 1. The number of halogens is 1. The van der Waals surface area contributed by atoms with Crippen molar-refractivity contribution in [1.82, 2.24) is 14.9 Å². The second kappa shape index (κ2) is 6.11. The highest BCUT2D eigenvalue weighted by atomic mass is 127. The molecule has 1 saturated heterocycles. The molecular weight excluding hydrogens is 367 g/mol. The van der Waals surface area contributed by atoms with E-state index >= 15 is 0 Å². The van der Waals surface area contributed by atoms with Crippen molar-refractivity contribution in [3.8, 4) is 0 Å². The van der Waals surface area contributed by atoms with Gasteiger partial charge in [0.05, 0.1) is 15.9 Å². The fourth-order valence-electron chi connectivity index (χ4n) is 2.21. The lowest BCUT2D eigenvalue weighted by molar-refractivity contribution is -0.0256. The SMILES string of the molecule is CNc1nc(C2CN(C)CCO2)nc(C(C)(C)C)c1I. The molecule has 0 saturated carbocycles. The second-order valence-electron chi connectivity index (χ2n) is 6.21. The quantitative estimate of drug-likeness (QED) is 0.787. The average Bonchev–Trinajstić information content (AvgIpc) is 2.37. The average molecular weight is 390 g/mol. The normalized spacial score (nSPS) is 21.0. The summed E-state index contributed by atoms with van der Waals surface area (Å²) in [5, 5.41) is 3.17. The third kappa shape index (κ3) is 3.40. The van der Waals surface area contributed by atoms with Crippen molar-refractivity contribution in [1.29, 1.82) is 0 Å². The van der Waals surface area contributed by atoms with Crippen molar-refractivity contribution in [3.63, 3.8) is 0 Å². The zero-order valence-corrected chi connectivity index (χ0v) is 15.0. The first-order chi connectivity index (χ1) is 9.32. The number of hydrogen-bond donors (Lipinski definition) is 1. The summed E-state index contributed by atoms with van der Waals surface area (Å²) >= 11 is 2.32. The number of anilines is 1. The van der Waals surface area contributed by atoms with Crippen molar-refractivity contribution >= 4 is 28.4 Å². The number of aromatic nitrogens is 2. The van der Waals surface area contributed by atoms with Crippen molar-refractivity contribution in [3.05, 3.63) is 15.1 Å². The van der Waals surface area contributed by atoms with E-state index in [4.69, 9.17) is 9.72 Å². The molecule has 2 heterocycles. The van der Waals surface area contributed by atoms with E-state index in [-0.39, 0.29) is 11.5 Å². The first-order valence-corrected chi connectivity index (χ1v) is 7.96. The molecular formula is C14H23IN4O. The molecule has 1 fully saturated rings. The number of hydrogen-bond acceptors (Lipinski definition) is 5. The van der Waals surface area contributed by atoms with Gasteiger partial charge < -0.3 is 15.0 Å². The van der Waals surface area contributed by atoms with E-state index < -0.39 is 0 Å². The summed E-state index contributed by atoms with van der Waals surface area (Å²) < 4.78 is 6.93. The first-order valence-electron chi connectivity index (χ1n) is 6.88. The molecule has 20 heavy (non-hydrogen) atoms. The number of morpholine rings is 1. The molecule has 0 radical (unpaired) electrons. The zero-order valence-electron chi connectivity index (χ0n) is 12.8. The van der Waals surface area contributed by atoms with Crippen molar-refractivity contribution in [2.75, 3.05) is 39.1 Å². The van der Waals surface area contributed by atoms with Gasteiger partial charge in [-0.05, 0) is 29.6 Å². The summed E-state index contributed by atoms with van der Waals surface area (Å²) in [6.45, 7) is 9.06. The first kappa shape index (κ1) is 15.9. The van der Waals surface area contributed by atoms with Crippen LogP contribution in [0.3, 0.4) is 0 Å². The van der Waals surface area contributed by atoms with Crippen LogP contribution in [0.15, 0.2) is 0 Å². The lowest BCUT2D eigenvalue weighted by Crippen LogP contribution is -2.36. The van der Waals surface area contributed by atoms with E-state index in [9.17, 15) is 0 Å². The van der Waals surface area contributed by atoms with Gasteiger partial charge in [0.2, 0.25) is 0 Å². The van der Waals surface area contributed by atoms with Crippen LogP contribution in [0.25, 0.3) is 0 Å². The van der Waals surface area contributed by atoms with Gasteiger partial charge >= 0.3 is 0 Å². The standard InChI is InChI=1S/C14H23IN4O/c1-14(2,3)11-10(15)13(16-4)18-12(17-11)9-8-19(5)6-7-20-9/h9H,6-8H2,1-5H3,(H,16,17,18). The molecule has 0 aliphatic carbocycles. The molecule has 6 heteroatoms. The summed E-state index contributed by atoms with van der Waals surface area (Å²) in [5.41, 5.74) is 1.06. The van der Waals surface area contributed by atoms with Crippen LogP contribution < -0.4 is 5.32 Å². The Morgan fingerprint density at radius 3 is 2.60 bits per heavy atom. The minimum atomic E-state index is -0.0426. The van der Waals surface area contributed by atoms with Gasteiger partial charge in [0.15, 0.2) is 5.82 Å². The van der Waals surface area contributed by atoms with Gasteiger partial charge in [-0.3, -0.25) is 0 Å². The van der Waals surface area contributed by atoms with E-state index in [0.717, 1.165) is 40.6 Å². The maximum atomic E-state index is 5.84. The van der Waals surface area contributed by atoms with Crippen LogP contribution in [-0.2, 0) is 10.2 Å². The fraction of sp³-hybridized carbons (Fsp3) is 0.714. The molecule has 1 atom stereocenters. The van der Waals surface area contributed by atoms with Crippen LogP contribution in [0.4, 0.5) is 5.82 Å². The maximum absolute atomic E-state index is 5.84. The Morgan fingerprint density at radius 2 is 2.05 bits per heavy atom. The van der Waals surface area contributed by atoms with Crippen LogP contribution in [-0.4, -0.2) is 48.7 Å². The summed E-state index contributed by atoms with van der Waals surface area (Å²) in [5.74, 6) is 1.67. The monoisotopic (exact) mass is 390 g/mol. The van der Waals surface area contributed by atoms with Gasteiger partial charge in [0.1, 0.15) is 11.9 Å².